The minimum absolute atomic E-state index is 0.0625. The van der Waals surface area contributed by atoms with Crippen molar-refractivity contribution in [3.8, 4) is 0 Å². The summed E-state index contributed by atoms with van der Waals surface area (Å²) in [5, 5.41) is 8.61. The van der Waals surface area contributed by atoms with Crippen molar-refractivity contribution in [2.75, 3.05) is 19.6 Å². The lowest BCUT2D eigenvalue weighted by atomic mass is 10.0. The van der Waals surface area contributed by atoms with Gasteiger partial charge in [0.2, 0.25) is 11.8 Å². The molecular formula is C21H24N6O2. The van der Waals surface area contributed by atoms with Gasteiger partial charge in [0.25, 0.3) is 0 Å². The molecule has 4 rings (SSSR count). The van der Waals surface area contributed by atoms with Gasteiger partial charge in [0.15, 0.2) is 5.65 Å². The Bertz CT molecular complexity index is 1020. The standard InChI is InChI=1S/C21H24N6O2/c1-15(28)22-10-12-27-21-18(6-4-9-24-21)20(25-27)16-7-11-26(14-16)19(29)13-17-5-2-3-8-23-17/h2-6,8-9,16H,7,10-14H2,1H3,(H,22,28)/t16-/m0/s1. The summed E-state index contributed by atoms with van der Waals surface area (Å²) >= 11 is 0. The summed E-state index contributed by atoms with van der Waals surface area (Å²) in [6.45, 7) is 3.93. The first kappa shape index (κ1) is 19.0. The first-order valence-electron chi connectivity index (χ1n) is 9.85. The number of amides is 2. The van der Waals surface area contributed by atoms with E-state index in [4.69, 9.17) is 5.10 Å². The van der Waals surface area contributed by atoms with Crippen molar-refractivity contribution in [2.24, 2.45) is 0 Å². The summed E-state index contributed by atoms with van der Waals surface area (Å²) in [5.41, 5.74) is 2.58. The highest BCUT2D eigenvalue weighted by molar-refractivity contribution is 5.81. The number of hydrogen-bond acceptors (Lipinski definition) is 5. The second kappa shape index (κ2) is 8.38. The van der Waals surface area contributed by atoms with E-state index in [1.165, 1.54) is 6.92 Å². The molecule has 1 aliphatic heterocycles. The molecule has 1 saturated heterocycles. The maximum atomic E-state index is 12.7. The number of aromatic nitrogens is 4. The molecule has 1 fully saturated rings. The van der Waals surface area contributed by atoms with E-state index < -0.39 is 0 Å². The lowest BCUT2D eigenvalue weighted by molar-refractivity contribution is -0.129. The first-order chi connectivity index (χ1) is 14.1. The van der Waals surface area contributed by atoms with Crippen LogP contribution in [0.2, 0.25) is 0 Å². The van der Waals surface area contributed by atoms with Crippen molar-refractivity contribution in [1.82, 2.24) is 30.0 Å². The predicted molar refractivity (Wildman–Crippen MR) is 108 cm³/mol. The number of fused-ring (bicyclic) bond motifs is 1. The zero-order chi connectivity index (χ0) is 20.2. The Kier molecular flexibility index (Phi) is 5.50. The Morgan fingerprint density at radius 1 is 1.17 bits per heavy atom. The Hall–Kier alpha value is -3.29. The lowest BCUT2D eigenvalue weighted by Crippen LogP contribution is -2.30. The number of rotatable bonds is 6. The van der Waals surface area contributed by atoms with E-state index in [0.717, 1.165) is 35.4 Å². The fourth-order valence-electron chi connectivity index (χ4n) is 3.81. The molecule has 0 saturated carbocycles. The lowest BCUT2D eigenvalue weighted by Gasteiger charge is -2.16. The van der Waals surface area contributed by atoms with Crippen molar-refractivity contribution < 1.29 is 9.59 Å². The Morgan fingerprint density at radius 3 is 2.83 bits per heavy atom. The zero-order valence-electron chi connectivity index (χ0n) is 16.4. The monoisotopic (exact) mass is 392 g/mol. The van der Waals surface area contributed by atoms with Crippen LogP contribution in [-0.2, 0) is 22.6 Å². The third-order valence-electron chi connectivity index (χ3n) is 5.22. The van der Waals surface area contributed by atoms with Crippen molar-refractivity contribution in [1.29, 1.82) is 0 Å². The van der Waals surface area contributed by atoms with Gasteiger partial charge in [-0.25, -0.2) is 9.67 Å². The van der Waals surface area contributed by atoms with E-state index in [0.29, 0.717) is 26.1 Å². The molecule has 8 heteroatoms. The van der Waals surface area contributed by atoms with Gasteiger partial charge in [-0.2, -0.15) is 5.10 Å². The van der Waals surface area contributed by atoms with Crippen molar-refractivity contribution in [3.05, 3.63) is 54.1 Å². The van der Waals surface area contributed by atoms with Gasteiger partial charge in [0.05, 0.1) is 18.7 Å². The third kappa shape index (κ3) is 4.26. The summed E-state index contributed by atoms with van der Waals surface area (Å²) < 4.78 is 1.85. The molecule has 0 bridgehead atoms. The highest BCUT2D eigenvalue weighted by atomic mass is 16.2. The molecule has 1 aliphatic rings. The van der Waals surface area contributed by atoms with Crippen molar-refractivity contribution in [3.63, 3.8) is 0 Å². The fraction of sp³-hybridized carbons (Fsp3) is 0.381. The minimum Gasteiger partial charge on any atom is -0.354 e. The van der Waals surface area contributed by atoms with Gasteiger partial charge in [0, 0.05) is 55.9 Å². The minimum atomic E-state index is -0.0625. The fourth-order valence-corrected chi connectivity index (χ4v) is 3.81. The SMILES string of the molecule is CC(=O)NCCn1nc([C@H]2CCN(C(=O)Cc3ccccn3)C2)c2cccnc21. The molecule has 0 aliphatic carbocycles. The molecule has 3 aromatic rings. The Labute approximate surface area is 168 Å². The maximum absolute atomic E-state index is 12.7. The van der Waals surface area contributed by atoms with E-state index in [1.807, 2.05) is 39.9 Å². The maximum Gasteiger partial charge on any atom is 0.228 e. The molecule has 1 atom stereocenters. The highest BCUT2D eigenvalue weighted by Gasteiger charge is 2.30. The van der Waals surface area contributed by atoms with Gasteiger partial charge in [-0.05, 0) is 30.7 Å². The van der Waals surface area contributed by atoms with Gasteiger partial charge in [-0.3, -0.25) is 14.6 Å². The number of carbonyl (C=O) groups excluding carboxylic acids is 2. The van der Waals surface area contributed by atoms with Crippen LogP contribution < -0.4 is 5.32 Å². The molecule has 4 heterocycles. The van der Waals surface area contributed by atoms with Crippen LogP contribution in [0.15, 0.2) is 42.7 Å². The molecule has 0 radical (unpaired) electrons. The summed E-state index contributed by atoms with van der Waals surface area (Å²) in [7, 11) is 0. The van der Waals surface area contributed by atoms with Crippen LogP contribution in [0.4, 0.5) is 0 Å². The molecule has 0 unspecified atom stereocenters. The molecule has 2 amide bonds. The van der Waals surface area contributed by atoms with E-state index in [9.17, 15) is 9.59 Å². The summed E-state index contributed by atoms with van der Waals surface area (Å²) in [4.78, 5) is 34.4. The van der Waals surface area contributed by atoms with Crippen molar-refractivity contribution in [2.45, 2.75) is 32.2 Å². The van der Waals surface area contributed by atoms with E-state index in [-0.39, 0.29) is 17.7 Å². The zero-order valence-corrected chi connectivity index (χ0v) is 16.4. The normalized spacial score (nSPS) is 16.3. The number of nitrogens with one attached hydrogen (secondary N) is 1. The Balaban J connectivity index is 1.48. The average Bonchev–Trinajstić information content (AvgIpc) is 3.34. The molecule has 29 heavy (non-hydrogen) atoms. The molecular weight excluding hydrogens is 368 g/mol. The van der Waals surface area contributed by atoms with Crippen LogP contribution in [0.1, 0.15) is 30.7 Å². The van der Waals surface area contributed by atoms with E-state index in [2.05, 4.69) is 15.3 Å². The number of pyridine rings is 2. The molecule has 0 aromatic carbocycles. The summed E-state index contributed by atoms with van der Waals surface area (Å²) in [5.74, 6) is 0.211. The van der Waals surface area contributed by atoms with Gasteiger partial charge < -0.3 is 10.2 Å². The number of likely N-dealkylation sites (tertiary alicyclic amines) is 1. The second-order valence-corrected chi connectivity index (χ2v) is 7.29. The van der Waals surface area contributed by atoms with Crippen molar-refractivity contribution >= 4 is 22.8 Å². The topological polar surface area (TPSA) is 93.0 Å². The first-order valence-corrected chi connectivity index (χ1v) is 9.85. The van der Waals surface area contributed by atoms with Crippen LogP contribution in [0.3, 0.4) is 0 Å². The average molecular weight is 392 g/mol. The van der Waals surface area contributed by atoms with Crippen LogP contribution in [0, 0.1) is 0 Å². The van der Waals surface area contributed by atoms with E-state index >= 15 is 0 Å². The smallest absolute Gasteiger partial charge is 0.228 e. The largest absolute Gasteiger partial charge is 0.354 e. The summed E-state index contributed by atoms with van der Waals surface area (Å²) in [6.07, 6.45) is 4.66. The van der Waals surface area contributed by atoms with Gasteiger partial charge >= 0.3 is 0 Å². The predicted octanol–water partition coefficient (Wildman–Crippen LogP) is 1.52. The molecule has 150 valence electrons. The quantitative estimate of drug-likeness (QED) is 0.687. The van der Waals surface area contributed by atoms with Gasteiger partial charge in [0.1, 0.15) is 0 Å². The third-order valence-corrected chi connectivity index (χ3v) is 5.22. The molecule has 3 aromatic heterocycles. The Morgan fingerprint density at radius 2 is 2.03 bits per heavy atom. The van der Waals surface area contributed by atoms with Gasteiger partial charge in [-0.1, -0.05) is 6.07 Å². The van der Waals surface area contributed by atoms with Crippen LogP contribution >= 0.6 is 0 Å². The van der Waals surface area contributed by atoms with Crippen LogP contribution in [0.25, 0.3) is 11.0 Å². The number of hydrogen-bond donors (Lipinski definition) is 1. The molecule has 0 spiro atoms. The van der Waals surface area contributed by atoms with Crippen LogP contribution in [0.5, 0.6) is 0 Å². The summed E-state index contributed by atoms with van der Waals surface area (Å²) in [6, 6.07) is 9.56. The van der Waals surface area contributed by atoms with Gasteiger partial charge in [-0.15, -0.1) is 0 Å². The second-order valence-electron chi connectivity index (χ2n) is 7.29. The number of carbonyl (C=O) groups is 2. The van der Waals surface area contributed by atoms with Crippen LogP contribution in [-0.4, -0.2) is 56.1 Å². The molecule has 1 N–H and O–H groups in total. The number of nitrogens with zero attached hydrogens (tertiary/aromatic N) is 5. The van der Waals surface area contributed by atoms with E-state index in [1.54, 1.807) is 12.4 Å². The molecule has 8 nitrogen and oxygen atoms in total. The highest BCUT2D eigenvalue weighted by Crippen LogP contribution is 2.31.